The topological polar surface area (TPSA) is 29.4 Å². The van der Waals surface area contributed by atoms with Crippen molar-refractivity contribution in [1.82, 2.24) is 0 Å². The van der Waals surface area contributed by atoms with Gasteiger partial charge in [-0.1, -0.05) is 26.0 Å². The third-order valence-electron chi connectivity index (χ3n) is 3.44. The second-order valence-electron chi connectivity index (χ2n) is 5.12. The molecule has 0 amide bonds. The van der Waals surface area contributed by atoms with Crippen LogP contribution < -0.4 is 0 Å². The molecule has 1 heterocycles. The van der Waals surface area contributed by atoms with Gasteiger partial charge < -0.3 is 0 Å². The summed E-state index contributed by atoms with van der Waals surface area (Å²) in [4.78, 5) is 16.0. The van der Waals surface area contributed by atoms with Crippen LogP contribution in [0.4, 0.5) is 5.69 Å². The van der Waals surface area contributed by atoms with Gasteiger partial charge in [-0.3, -0.25) is 4.79 Å². The number of allylic oxidation sites excluding steroid dienone is 4. The van der Waals surface area contributed by atoms with Crippen molar-refractivity contribution in [3.05, 3.63) is 53.1 Å². The van der Waals surface area contributed by atoms with Gasteiger partial charge in [-0.25, -0.2) is 4.99 Å². The Bertz CT molecular complexity index is 618. The summed E-state index contributed by atoms with van der Waals surface area (Å²) >= 11 is 0. The Hall–Kier alpha value is -1.96. The summed E-state index contributed by atoms with van der Waals surface area (Å²) in [5, 5.41) is 0. The molecule has 3 rings (SSSR count). The summed E-state index contributed by atoms with van der Waals surface area (Å²) in [5.41, 5.74) is 5.55. The van der Waals surface area contributed by atoms with E-state index in [4.69, 9.17) is 0 Å². The van der Waals surface area contributed by atoms with Crippen molar-refractivity contribution in [2.75, 3.05) is 0 Å². The summed E-state index contributed by atoms with van der Waals surface area (Å²) in [5.74, 6) is 0.579. The van der Waals surface area contributed by atoms with Crippen LogP contribution >= 0.6 is 0 Å². The highest BCUT2D eigenvalue weighted by Crippen LogP contribution is 2.32. The van der Waals surface area contributed by atoms with Gasteiger partial charge in [0.1, 0.15) is 0 Å². The minimum absolute atomic E-state index is 0.0624. The first-order valence-electron chi connectivity index (χ1n) is 6.28. The monoisotopic (exact) mass is 237 g/mol. The maximum absolute atomic E-state index is 11.4. The Labute approximate surface area is 107 Å². The minimum atomic E-state index is 0.0624. The lowest BCUT2D eigenvalue weighted by atomic mass is 9.90. The Morgan fingerprint density at radius 3 is 2.83 bits per heavy atom. The molecule has 0 saturated carbocycles. The maximum atomic E-state index is 11.4. The molecule has 0 saturated heterocycles. The zero-order chi connectivity index (χ0) is 12.7. The van der Waals surface area contributed by atoms with Crippen molar-refractivity contribution in [2.45, 2.75) is 26.2 Å². The fourth-order valence-corrected chi connectivity index (χ4v) is 2.36. The molecule has 0 radical (unpaired) electrons. The fourth-order valence-electron chi connectivity index (χ4n) is 2.36. The summed E-state index contributed by atoms with van der Waals surface area (Å²) in [6.07, 6.45) is 5.90. The quantitative estimate of drug-likeness (QED) is 0.687. The molecule has 0 N–H and O–H groups in total. The predicted octanol–water partition coefficient (Wildman–Crippen LogP) is 3.50. The van der Waals surface area contributed by atoms with Crippen LogP contribution in [0.3, 0.4) is 0 Å². The number of rotatable bonds is 1. The SMILES string of the molecule is CC(C)c1ccc2c(c1)CC1=CC(=O)C=CC1=N2. The van der Waals surface area contributed by atoms with Gasteiger partial charge in [0.2, 0.25) is 0 Å². The van der Waals surface area contributed by atoms with Gasteiger partial charge in [-0.15, -0.1) is 0 Å². The number of hydrogen-bond acceptors (Lipinski definition) is 2. The van der Waals surface area contributed by atoms with E-state index in [2.05, 4.69) is 37.0 Å². The highest BCUT2D eigenvalue weighted by molar-refractivity contribution is 6.21. The number of ketones is 1. The van der Waals surface area contributed by atoms with E-state index in [0.717, 1.165) is 23.4 Å². The van der Waals surface area contributed by atoms with Gasteiger partial charge in [0.25, 0.3) is 0 Å². The van der Waals surface area contributed by atoms with Crippen molar-refractivity contribution < 1.29 is 4.79 Å². The summed E-state index contributed by atoms with van der Waals surface area (Å²) in [6, 6.07) is 6.43. The molecule has 2 heteroatoms. The average Bonchev–Trinajstić information content (AvgIpc) is 2.35. The molecule has 18 heavy (non-hydrogen) atoms. The number of aliphatic imine (C=N–C) groups is 1. The molecular weight excluding hydrogens is 222 g/mol. The van der Waals surface area contributed by atoms with Gasteiger partial charge in [-0.2, -0.15) is 0 Å². The molecule has 2 aliphatic rings. The molecule has 1 aromatic carbocycles. The molecule has 2 nitrogen and oxygen atoms in total. The molecular formula is C16H15NO. The fraction of sp³-hybridized carbons (Fsp3) is 0.250. The van der Waals surface area contributed by atoms with Crippen LogP contribution in [-0.4, -0.2) is 11.5 Å². The zero-order valence-corrected chi connectivity index (χ0v) is 10.6. The first-order chi connectivity index (χ1) is 8.63. The van der Waals surface area contributed by atoms with E-state index in [-0.39, 0.29) is 5.78 Å². The summed E-state index contributed by atoms with van der Waals surface area (Å²) in [6.45, 7) is 4.37. The van der Waals surface area contributed by atoms with Gasteiger partial charge in [0.05, 0.1) is 11.4 Å². The zero-order valence-electron chi connectivity index (χ0n) is 10.6. The van der Waals surface area contributed by atoms with E-state index in [9.17, 15) is 4.79 Å². The molecule has 1 aliphatic carbocycles. The minimum Gasteiger partial charge on any atom is -0.290 e. The smallest absolute Gasteiger partial charge is 0.179 e. The van der Waals surface area contributed by atoms with E-state index in [1.54, 1.807) is 12.2 Å². The van der Waals surface area contributed by atoms with Crippen LogP contribution in [0.2, 0.25) is 0 Å². The van der Waals surface area contributed by atoms with Crippen LogP contribution in [0.25, 0.3) is 0 Å². The standard InChI is InChI=1S/C16H15NO/c1-10(2)11-3-5-15-12(7-11)8-13-9-14(18)4-6-16(13)17-15/h3-7,9-10H,8H2,1-2H3. The Morgan fingerprint density at radius 1 is 1.22 bits per heavy atom. The largest absolute Gasteiger partial charge is 0.290 e. The van der Waals surface area contributed by atoms with Gasteiger partial charge in [0.15, 0.2) is 5.78 Å². The van der Waals surface area contributed by atoms with Crippen molar-refractivity contribution in [1.29, 1.82) is 0 Å². The lowest BCUT2D eigenvalue weighted by molar-refractivity contribution is -0.110. The Kier molecular flexibility index (Phi) is 2.51. The van der Waals surface area contributed by atoms with Crippen LogP contribution in [0.5, 0.6) is 0 Å². The molecule has 90 valence electrons. The predicted molar refractivity (Wildman–Crippen MR) is 73.6 cm³/mol. The van der Waals surface area contributed by atoms with Gasteiger partial charge in [-0.05, 0) is 46.9 Å². The van der Waals surface area contributed by atoms with Crippen LogP contribution in [0.1, 0.15) is 30.9 Å². The van der Waals surface area contributed by atoms with E-state index in [0.29, 0.717) is 5.92 Å². The van der Waals surface area contributed by atoms with Crippen molar-refractivity contribution in [3.63, 3.8) is 0 Å². The number of nitrogens with zero attached hydrogens (tertiary/aromatic N) is 1. The normalized spacial score (nSPS) is 17.2. The van der Waals surface area contributed by atoms with Crippen LogP contribution in [0.15, 0.2) is 47.0 Å². The number of fused-ring (bicyclic) bond motifs is 2. The van der Waals surface area contributed by atoms with Gasteiger partial charge in [0, 0.05) is 6.42 Å². The molecule has 0 fully saturated rings. The average molecular weight is 237 g/mol. The number of carbonyl (C=O) groups is 1. The third-order valence-corrected chi connectivity index (χ3v) is 3.44. The van der Waals surface area contributed by atoms with E-state index in [1.807, 2.05) is 6.08 Å². The Morgan fingerprint density at radius 2 is 2.06 bits per heavy atom. The second-order valence-corrected chi connectivity index (χ2v) is 5.12. The maximum Gasteiger partial charge on any atom is 0.179 e. The van der Waals surface area contributed by atoms with Crippen LogP contribution in [-0.2, 0) is 11.2 Å². The van der Waals surface area contributed by atoms with E-state index < -0.39 is 0 Å². The molecule has 0 aromatic heterocycles. The van der Waals surface area contributed by atoms with Crippen molar-refractivity contribution in [3.8, 4) is 0 Å². The number of benzene rings is 1. The van der Waals surface area contributed by atoms with Crippen LogP contribution in [0, 0.1) is 0 Å². The second kappa shape index (κ2) is 4.05. The first-order valence-corrected chi connectivity index (χ1v) is 6.28. The highest BCUT2D eigenvalue weighted by atomic mass is 16.1. The lowest BCUT2D eigenvalue weighted by Gasteiger charge is -2.20. The molecule has 0 unspecified atom stereocenters. The summed E-state index contributed by atoms with van der Waals surface area (Å²) < 4.78 is 0. The van der Waals surface area contributed by atoms with Gasteiger partial charge >= 0.3 is 0 Å². The van der Waals surface area contributed by atoms with Crippen molar-refractivity contribution >= 4 is 17.2 Å². The highest BCUT2D eigenvalue weighted by Gasteiger charge is 2.19. The van der Waals surface area contributed by atoms with E-state index in [1.165, 1.54) is 11.1 Å². The third kappa shape index (κ3) is 1.84. The Balaban J connectivity index is 2.08. The first kappa shape index (κ1) is 11.1. The number of carbonyl (C=O) groups excluding carboxylic acids is 1. The molecule has 1 aromatic rings. The molecule has 0 spiro atoms. The van der Waals surface area contributed by atoms with E-state index >= 15 is 0 Å². The molecule has 0 atom stereocenters. The summed E-state index contributed by atoms with van der Waals surface area (Å²) in [7, 11) is 0. The number of hydrogen-bond donors (Lipinski definition) is 0. The molecule has 1 aliphatic heterocycles. The lowest BCUT2D eigenvalue weighted by Crippen LogP contribution is -2.13. The molecule has 0 bridgehead atoms. The van der Waals surface area contributed by atoms with Crippen molar-refractivity contribution in [2.24, 2.45) is 4.99 Å².